The number of hydrazone groups is 1. The molecule has 5 nitrogen and oxygen atoms in total. The number of likely N-dealkylation sites (N-methyl/N-ethyl adjacent to an activating group) is 1. The Morgan fingerprint density at radius 2 is 1.86 bits per heavy atom. The van der Waals surface area contributed by atoms with Gasteiger partial charge in [-0.15, -0.1) is 0 Å². The average Bonchev–Trinajstić information content (AvgIpc) is 3.02. The number of alkyl halides is 3. The standard InChI is InChI=1S/C21H18F3N3O2/c1-2-26-14-8-7-10-15(26)9-3-4-11-16-19(21(22,23)24)25-27(20(16)29)17-12-5-6-13-18(17)28/h3-14,28H,2H2,1H3/b4-3+,15-9-,16-11-. The molecule has 2 aliphatic heterocycles. The predicted octanol–water partition coefficient (Wildman–Crippen LogP) is 4.43. The number of anilines is 1. The largest absolute Gasteiger partial charge is 0.506 e. The molecule has 0 fully saturated rings. The Bertz CT molecular complexity index is 985. The quantitative estimate of drug-likeness (QED) is 0.760. The van der Waals surface area contributed by atoms with Crippen molar-refractivity contribution in [1.29, 1.82) is 0 Å². The summed E-state index contributed by atoms with van der Waals surface area (Å²) in [7, 11) is 0. The molecule has 0 spiro atoms. The number of aromatic hydroxyl groups is 1. The third kappa shape index (κ3) is 4.31. The van der Waals surface area contributed by atoms with Gasteiger partial charge in [-0.3, -0.25) is 4.79 Å². The topological polar surface area (TPSA) is 56.1 Å². The number of rotatable bonds is 4. The molecule has 0 saturated carbocycles. The molecule has 0 bridgehead atoms. The highest BCUT2D eigenvalue weighted by Crippen LogP contribution is 2.35. The van der Waals surface area contributed by atoms with Crippen LogP contribution >= 0.6 is 0 Å². The van der Waals surface area contributed by atoms with Gasteiger partial charge in [-0.2, -0.15) is 23.3 Å². The summed E-state index contributed by atoms with van der Waals surface area (Å²) in [6.45, 7) is 2.71. The van der Waals surface area contributed by atoms with Crippen LogP contribution < -0.4 is 5.01 Å². The number of hydrogen-bond donors (Lipinski definition) is 1. The van der Waals surface area contributed by atoms with Gasteiger partial charge in [0.25, 0.3) is 5.91 Å². The number of carbonyl (C=O) groups excluding carboxylic acids is 1. The van der Waals surface area contributed by atoms with Crippen molar-refractivity contribution in [3.05, 3.63) is 84.3 Å². The molecule has 150 valence electrons. The number of carbonyl (C=O) groups is 1. The van der Waals surface area contributed by atoms with Crippen molar-refractivity contribution in [2.45, 2.75) is 13.1 Å². The molecule has 1 aromatic carbocycles. The number of nitrogens with zero attached hydrogens (tertiary/aromatic N) is 3. The summed E-state index contributed by atoms with van der Waals surface area (Å²) in [6.07, 6.45) is 8.38. The number of hydrogen-bond acceptors (Lipinski definition) is 4. The minimum absolute atomic E-state index is 0.119. The van der Waals surface area contributed by atoms with E-state index in [0.717, 1.165) is 18.3 Å². The summed E-state index contributed by atoms with van der Waals surface area (Å²) in [5.74, 6) is -1.31. The molecule has 0 aliphatic carbocycles. The number of amides is 1. The predicted molar refractivity (Wildman–Crippen MR) is 105 cm³/mol. The lowest BCUT2D eigenvalue weighted by atomic mass is 10.1. The normalized spacial score (nSPS) is 19.9. The second-order valence-corrected chi connectivity index (χ2v) is 6.10. The van der Waals surface area contributed by atoms with Crippen molar-refractivity contribution < 1.29 is 23.1 Å². The van der Waals surface area contributed by atoms with Crippen LogP contribution in [0.15, 0.2) is 89.4 Å². The lowest BCUT2D eigenvalue weighted by Crippen LogP contribution is -2.25. The van der Waals surface area contributed by atoms with Gasteiger partial charge < -0.3 is 10.0 Å². The van der Waals surface area contributed by atoms with E-state index in [1.165, 1.54) is 30.3 Å². The highest BCUT2D eigenvalue weighted by atomic mass is 19.4. The summed E-state index contributed by atoms with van der Waals surface area (Å²) in [5, 5.41) is 13.8. The van der Waals surface area contributed by atoms with Gasteiger partial charge in [0.15, 0.2) is 5.71 Å². The molecule has 3 rings (SSSR count). The second kappa shape index (κ2) is 8.22. The van der Waals surface area contributed by atoms with Crippen LogP contribution in [0.3, 0.4) is 0 Å². The maximum absolute atomic E-state index is 13.4. The maximum Gasteiger partial charge on any atom is 0.435 e. The van der Waals surface area contributed by atoms with E-state index in [1.807, 2.05) is 36.3 Å². The van der Waals surface area contributed by atoms with Crippen molar-refractivity contribution in [2.75, 3.05) is 11.6 Å². The van der Waals surface area contributed by atoms with Gasteiger partial charge in [0.2, 0.25) is 0 Å². The van der Waals surface area contributed by atoms with E-state index >= 15 is 0 Å². The molecular formula is C21H18F3N3O2. The van der Waals surface area contributed by atoms with E-state index in [0.29, 0.717) is 5.01 Å². The molecule has 1 aromatic rings. The third-order valence-electron chi connectivity index (χ3n) is 4.21. The fourth-order valence-electron chi connectivity index (χ4n) is 2.82. The van der Waals surface area contributed by atoms with Crippen molar-refractivity contribution in [3.8, 4) is 5.75 Å². The Morgan fingerprint density at radius 1 is 1.14 bits per heavy atom. The van der Waals surface area contributed by atoms with E-state index in [9.17, 15) is 23.1 Å². The molecular weight excluding hydrogens is 383 g/mol. The number of allylic oxidation sites excluding steroid dienone is 7. The number of phenols is 1. The first kappa shape index (κ1) is 20.2. The van der Waals surface area contributed by atoms with Crippen molar-refractivity contribution in [2.24, 2.45) is 5.10 Å². The molecule has 0 saturated heterocycles. The minimum Gasteiger partial charge on any atom is -0.506 e. The SMILES string of the molecule is CCN1C=CC=C/C1=C/C=C/C=C1\C(=O)N(c2ccccc2O)N=C1C(F)(F)F. The van der Waals surface area contributed by atoms with E-state index in [4.69, 9.17) is 0 Å². The third-order valence-corrected chi connectivity index (χ3v) is 4.21. The van der Waals surface area contributed by atoms with E-state index in [-0.39, 0.29) is 11.4 Å². The van der Waals surface area contributed by atoms with Gasteiger partial charge in [-0.05, 0) is 43.4 Å². The lowest BCUT2D eigenvalue weighted by molar-refractivity contribution is -0.114. The highest BCUT2D eigenvalue weighted by Gasteiger charge is 2.46. The van der Waals surface area contributed by atoms with Gasteiger partial charge in [0.05, 0.1) is 5.57 Å². The fraction of sp³-hybridized carbons (Fsp3) is 0.143. The Morgan fingerprint density at radius 3 is 2.55 bits per heavy atom. The average molecular weight is 401 g/mol. The molecule has 1 N–H and O–H groups in total. The van der Waals surface area contributed by atoms with Crippen molar-refractivity contribution in [3.63, 3.8) is 0 Å². The Balaban J connectivity index is 1.90. The van der Waals surface area contributed by atoms with Crippen molar-refractivity contribution in [1.82, 2.24) is 4.90 Å². The molecule has 2 heterocycles. The van der Waals surface area contributed by atoms with E-state index in [2.05, 4.69) is 5.10 Å². The zero-order valence-electron chi connectivity index (χ0n) is 15.5. The molecule has 1 amide bonds. The maximum atomic E-state index is 13.4. The monoisotopic (exact) mass is 401 g/mol. The Kier molecular flexibility index (Phi) is 5.72. The van der Waals surface area contributed by atoms with E-state index in [1.54, 1.807) is 12.2 Å². The summed E-state index contributed by atoms with van der Waals surface area (Å²) in [6, 6.07) is 5.57. The molecule has 0 unspecified atom stereocenters. The highest BCUT2D eigenvalue weighted by molar-refractivity contribution is 6.32. The number of phenolic OH excluding ortho intramolecular Hbond substituents is 1. The summed E-state index contributed by atoms with van der Waals surface area (Å²) >= 11 is 0. The molecule has 29 heavy (non-hydrogen) atoms. The minimum atomic E-state index is -4.82. The molecule has 2 aliphatic rings. The molecule has 0 radical (unpaired) electrons. The van der Waals surface area contributed by atoms with Gasteiger partial charge in [0, 0.05) is 18.4 Å². The lowest BCUT2D eigenvalue weighted by Gasteiger charge is -2.21. The van der Waals surface area contributed by atoms with E-state index < -0.39 is 23.4 Å². The Hall–Kier alpha value is -3.55. The zero-order valence-corrected chi connectivity index (χ0v) is 15.5. The molecule has 8 heteroatoms. The van der Waals surface area contributed by atoms with Gasteiger partial charge >= 0.3 is 6.18 Å². The first-order chi connectivity index (χ1) is 13.8. The first-order valence-corrected chi connectivity index (χ1v) is 8.81. The van der Waals surface area contributed by atoms with Gasteiger partial charge in [-0.1, -0.05) is 30.4 Å². The second-order valence-electron chi connectivity index (χ2n) is 6.10. The smallest absolute Gasteiger partial charge is 0.435 e. The summed E-state index contributed by atoms with van der Waals surface area (Å²) < 4.78 is 40.2. The number of halogens is 3. The summed E-state index contributed by atoms with van der Waals surface area (Å²) in [4.78, 5) is 14.5. The Labute approximate surface area is 165 Å². The van der Waals surface area contributed by atoms with Crippen LogP contribution in [0.4, 0.5) is 18.9 Å². The first-order valence-electron chi connectivity index (χ1n) is 8.81. The zero-order chi connectivity index (χ0) is 21.0. The number of para-hydroxylation sites is 2. The molecule has 0 aromatic heterocycles. The van der Waals surface area contributed by atoms with Crippen LogP contribution in [0.5, 0.6) is 5.75 Å². The van der Waals surface area contributed by atoms with Crippen LogP contribution in [0.25, 0.3) is 0 Å². The van der Waals surface area contributed by atoms with Gasteiger partial charge in [0.1, 0.15) is 11.4 Å². The van der Waals surface area contributed by atoms with Crippen LogP contribution in [0, 0.1) is 0 Å². The van der Waals surface area contributed by atoms with Gasteiger partial charge in [-0.25, -0.2) is 0 Å². The van der Waals surface area contributed by atoms with Crippen LogP contribution in [-0.2, 0) is 4.79 Å². The van der Waals surface area contributed by atoms with Crippen LogP contribution in [-0.4, -0.2) is 34.3 Å². The van der Waals surface area contributed by atoms with Crippen molar-refractivity contribution >= 4 is 17.3 Å². The van der Waals surface area contributed by atoms with Crippen LogP contribution in [0.2, 0.25) is 0 Å². The fourth-order valence-corrected chi connectivity index (χ4v) is 2.82. The van der Waals surface area contributed by atoms with Crippen LogP contribution in [0.1, 0.15) is 6.92 Å². The summed E-state index contributed by atoms with van der Waals surface area (Å²) in [5.41, 5.74) is -1.16. The molecule has 0 atom stereocenters. The number of benzene rings is 1.